The summed E-state index contributed by atoms with van der Waals surface area (Å²) in [5, 5.41) is 0.205. The van der Waals surface area contributed by atoms with E-state index in [-0.39, 0.29) is 11.2 Å². The number of hydrogen-bond acceptors (Lipinski definition) is 2. The molecule has 0 saturated carbocycles. The predicted molar refractivity (Wildman–Crippen MR) is 87.3 cm³/mol. The van der Waals surface area contributed by atoms with Crippen LogP contribution < -0.4 is 5.73 Å². The first-order valence-corrected chi connectivity index (χ1v) is 7.48. The molecule has 3 heteroatoms. The Morgan fingerprint density at radius 1 is 1.37 bits per heavy atom. The van der Waals surface area contributed by atoms with Crippen LogP contribution in [-0.4, -0.2) is 11.2 Å². The van der Waals surface area contributed by atoms with Gasteiger partial charge in [-0.2, -0.15) is 12.6 Å². The topological polar surface area (TPSA) is 43.1 Å². The molecule has 0 aliphatic rings. The molecule has 0 saturated heterocycles. The molecule has 0 aliphatic carbocycles. The fourth-order valence-corrected chi connectivity index (χ4v) is 2.32. The first kappa shape index (κ1) is 18.0. The van der Waals surface area contributed by atoms with E-state index in [0.717, 1.165) is 31.3 Å². The molecule has 0 radical (unpaired) electrons. The largest absolute Gasteiger partial charge is 0.370 e. The maximum Gasteiger partial charge on any atom is 0.217 e. The molecule has 1 amide bonds. The second kappa shape index (κ2) is 10.9. The van der Waals surface area contributed by atoms with Crippen LogP contribution in [-0.2, 0) is 4.79 Å². The van der Waals surface area contributed by atoms with Crippen molar-refractivity contribution in [2.75, 3.05) is 0 Å². The highest BCUT2D eigenvalue weighted by Gasteiger charge is 2.12. The van der Waals surface area contributed by atoms with Crippen LogP contribution >= 0.6 is 12.6 Å². The zero-order valence-corrected chi connectivity index (χ0v) is 13.0. The van der Waals surface area contributed by atoms with Gasteiger partial charge < -0.3 is 5.73 Å². The molecule has 2 atom stereocenters. The number of carbonyl (C=O) groups is 1. The molecule has 19 heavy (non-hydrogen) atoms. The molecule has 0 aliphatic heterocycles. The summed E-state index contributed by atoms with van der Waals surface area (Å²) in [6.45, 7) is 7.97. The lowest BCUT2D eigenvalue weighted by atomic mass is 9.92. The van der Waals surface area contributed by atoms with Gasteiger partial charge in [0.05, 0.1) is 0 Å². The van der Waals surface area contributed by atoms with Crippen LogP contribution in [0.3, 0.4) is 0 Å². The van der Waals surface area contributed by atoms with E-state index >= 15 is 0 Å². The van der Waals surface area contributed by atoms with Crippen LogP contribution in [0.25, 0.3) is 0 Å². The summed E-state index contributed by atoms with van der Waals surface area (Å²) in [6.07, 6.45) is 12.4. The third-order valence-corrected chi connectivity index (χ3v) is 3.88. The summed E-state index contributed by atoms with van der Waals surface area (Å²) < 4.78 is 0. The van der Waals surface area contributed by atoms with Gasteiger partial charge in [0.2, 0.25) is 5.91 Å². The van der Waals surface area contributed by atoms with E-state index in [1.807, 2.05) is 25.2 Å². The van der Waals surface area contributed by atoms with Crippen LogP contribution in [0.5, 0.6) is 0 Å². The Kier molecular flexibility index (Phi) is 10.4. The van der Waals surface area contributed by atoms with Crippen molar-refractivity contribution < 1.29 is 4.79 Å². The Morgan fingerprint density at radius 2 is 2.05 bits per heavy atom. The number of rotatable bonds is 10. The number of carbonyl (C=O) groups excluding carboxylic acids is 1. The minimum atomic E-state index is -0.208. The molecule has 0 heterocycles. The quantitative estimate of drug-likeness (QED) is 0.460. The Hall–Kier alpha value is -0.960. The van der Waals surface area contributed by atoms with E-state index in [2.05, 4.69) is 32.2 Å². The number of hydrogen-bond donors (Lipinski definition) is 2. The molecular weight excluding hydrogens is 254 g/mol. The molecule has 0 fully saturated rings. The first-order valence-electron chi connectivity index (χ1n) is 6.96. The summed E-state index contributed by atoms with van der Waals surface area (Å²) in [5.74, 6) is 0.343. The van der Waals surface area contributed by atoms with Crippen molar-refractivity contribution in [3.8, 4) is 0 Å². The molecule has 0 aromatic heterocycles. The molecule has 0 bridgehead atoms. The van der Waals surface area contributed by atoms with Gasteiger partial charge >= 0.3 is 0 Å². The van der Waals surface area contributed by atoms with Crippen LogP contribution in [0.4, 0.5) is 0 Å². The first-order chi connectivity index (χ1) is 9.04. The highest BCUT2D eigenvalue weighted by molar-refractivity contribution is 7.81. The Balaban J connectivity index is 4.26. The van der Waals surface area contributed by atoms with Gasteiger partial charge in [0.1, 0.15) is 0 Å². The normalized spacial score (nSPS) is 15.4. The van der Waals surface area contributed by atoms with Gasteiger partial charge in [0.25, 0.3) is 0 Å². The SMILES string of the molecule is C=C/C(=C\C=C/C)C(S)CCC(CC)CCC(N)=O. The summed E-state index contributed by atoms with van der Waals surface area (Å²) in [6, 6.07) is 0. The van der Waals surface area contributed by atoms with Gasteiger partial charge in [-0.25, -0.2) is 0 Å². The number of amides is 1. The fraction of sp³-hybridized carbons (Fsp3) is 0.562. The van der Waals surface area contributed by atoms with Crippen molar-refractivity contribution in [2.24, 2.45) is 11.7 Å². The smallest absolute Gasteiger partial charge is 0.217 e. The minimum Gasteiger partial charge on any atom is -0.370 e. The minimum absolute atomic E-state index is 0.205. The lowest BCUT2D eigenvalue weighted by molar-refractivity contribution is -0.118. The van der Waals surface area contributed by atoms with E-state index in [1.54, 1.807) is 0 Å². The predicted octanol–water partition coefficient (Wildman–Crippen LogP) is 4.05. The maximum absolute atomic E-state index is 10.8. The molecule has 0 rings (SSSR count). The number of thiol groups is 1. The lowest BCUT2D eigenvalue weighted by Gasteiger charge is -2.17. The summed E-state index contributed by atoms with van der Waals surface area (Å²) in [5.41, 5.74) is 6.34. The molecule has 2 nitrogen and oxygen atoms in total. The summed E-state index contributed by atoms with van der Waals surface area (Å²) >= 11 is 4.64. The van der Waals surface area contributed by atoms with Gasteiger partial charge in [0.15, 0.2) is 0 Å². The standard InChI is InChI=1S/C16H27NOS/c1-4-7-8-14(6-3)15(19)11-9-13(5-2)10-12-16(17)18/h4,6-8,13,15,19H,3,5,9-12H2,1-2H3,(H2,17,18)/b7-4-,14-8+. The summed E-state index contributed by atoms with van der Waals surface area (Å²) in [4.78, 5) is 10.8. The molecule has 0 spiro atoms. The van der Waals surface area contributed by atoms with Crippen LogP contribution in [0, 0.1) is 5.92 Å². The summed E-state index contributed by atoms with van der Waals surface area (Å²) in [7, 11) is 0. The Labute approximate surface area is 123 Å². The maximum atomic E-state index is 10.8. The molecule has 2 N–H and O–H groups in total. The second-order valence-corrected chi connectivity index (χ2v) is 5.39. The third-order valence-electron chi connectivity index (χ3n) is 3.33. The highest BCUT2D eigenvalue weighted by atomic mass is 32.1. The molecule has 2 unspecified atom stereocenters. The van der Waals surface area contributed by atoms with E-state index < -0.39 is 0 Å². The number of nitrogens with two attached hydrogens (primary N) is 1. The average molecular weight is 281 g/mol. The Morgan fingerprint density at radius 3 is 2.53 bits per heavy atom. The third kappa shape index (κ3) is 8.71. The van der Waals surface area contributed by atoms with E-state index in [9.17, 15) is 4.79 Å². The fourth-order valence-electron chi connectivity index (χ4n) is 1.98. The molecule has 0 aromatic rings. The van der Waals surface area contributed by atoms with Crippen molar-refractivity contribution in [1.29, 1.82) is 0 Å². The Bertz CT molecular complexity index is 334. The van der Waals surface area contributed by atoms with Crippen molar-refractivity contribution in [1.82, 2.24) is 0 Å². The molecular formula is C16H27NOS. The lowest BCUT2D eigenvalue weighted by Crippen LogP contribution is -2.13. The molecule has 108 valence electrons. The zero-order chi connectivity index (χ0) is 14.7. The van der Waals surface area contributed by atoms with Gasteiger partial charge in [0, 0.05) is 11.7 Å². The molecule has 0 aromatic carbocycles. The number of allylic oxidation sites excluding steroid dienone is 4. The number of primary amides is 1. The van der Waals surface area contributed by atoms with E-state index in [4.69, 9.17) is 5.73 Å². The second-order valence-electron chi connectivity index (χ2n) is 4.77. The van der Waals surface area contributed by atoms with Gasteiger partial charge in [-0.1, -0.05) is 44.2 Å². The monoisotopic (exact) mass is 281 g/mol. The van der Waals surface area contributed by atoms with Gasteiger partial charge in [-0.15, -0.1) is 0 Å². The highest BCUT2D eigenvalue weighted by Crippen LogP contribution is 2.23. The van der Waals surface area contributed by atoms with Crippen LogP contribution in [0.1, 0.15) is 46.0 Å². The van der Waals surface area contributed by atoms with Gasteiger partial charge in [-0.05, 0) is 37.7 Å². The van der Waals surface area contributed by atoms with Crippen LogP contribution in [0.2, 0.25) is 0 Å². The van der Waals surface area contributed by atoms with E-state index in [0.29, 0.717) is 12.3 Å². The van der Waals surface area contributed by atoms with Crippen molar-refractivity contribution >= 4 is 18.5 Å². The van der Waals surface area contributed by atoms with E-state index in [1.165, 1.54) is 0 Å². The van der Waals surface area contributed by atoms with Gasteiger partial charge in [-0.3, -0.25) is 4.79 Å². The van der Waals surface area contributed by atoms with Crippen LogP contribution in [0.15, 0.2) is 36.5 Å². The average Bonchev–Trinajstić information content (AvgIpc) is 2.39. The zero-order valence-electron chi connectivity index (χ0n) is 12.1. The van der Waals surface area contributed by atoms with Crippen molar-refractivity contribution in [2.45, 2.75) is 51.2 Å². The van der Waals surface area contributed by atoms with Crippen molar-refractivity contribution in [3.05, 3.63) is 36.5 Å². The van der Waals surface area contributed by atoms with Crippen molar-refractivity contribution in [3.63, 3.8) is 0 Å².